The van der Waals surface area contributed by atoms with Gasteiger partial charge in [-0.25, -0.2) is 4.79 Å². The highest BCUT2D eigenvalue weighted by atomic mass is 32.2. The van der Waals surface area contributed by atoms with E-state index in [9.17, 15) is 19.7 Å². The van der Waals surface area contributed by atoms with Crippen molar-refractivity contribution in [3.05, 3.63) is 10.1 Å². The van der Waals surface area contributed by atoms with E-state index in [2.05, 4.69) is 0 Å². The average Bonchev–Trinajstić information content (AvgIpc) is 2.50. The van der Waals surface area contributed by atoms with Gasteiger partial charge in [-0.3, -0.25) is 14.9 Å². The molecule has 0 aliphatic carbocycles. The van der Waals surface area contributed by atoms with Crippen molar-refractivity contribution in [3.8, 4) is 0 Å². The normalized spacial score (nSPS) is 30.9. The van der Waals surface area contributed by atoms with E-state index in [1.807, 2.05) is 0 Å². The van der Waals surface area contributed by atoms with Crippen LogP contribution in [0.3, 0.4) is 0 Å². The standard InChI is InChI=1S/C9H12N2O5S/c12-7-4-5-3-6(17-2-1-10(15)16)8(9(13)14)11(5)7/h5-6,8H,1-4H2,(H,13,14). The van der Waals surface area contributed by atoms with Crippen LogP contribution in [0.5, 0.6) is 0 Å². The van der Waals surface area contributed by atoms with Gasteiger partial charge in [0.15, 0.2) is 0 Å². The molecule has 1 N–H and O–H groups in total. The molecule has 94 valence electrons. The Morgan fingerprint density at radius 3 is 2.88 bits per heavy atom. The molecule has 2 saturated heterocycles. The predicted molar refractivity (Wildman–Crippen MR) is 59.4 cm³/mol. The van der Waals surface area contributed by atoms with E-state index < -0.39 is 16.9 Å². The van der Waals surface area contributed by atoms with Crippen molar-refractivity contribution in [2.75, 3.05) is 12.3 Å². The zero-order valence-electron chi connectivity index (χ0n) is 8.94. The number of carboxylic acids is 1. The van der Waals surface area contributed by atoms with Gasteiger partial charge in [0.1, 0.15) is 6.04 Å². The second-order valence-electron chi connectivity index (χ2n) is 4.14. The van der Waals surface area contributed by atoms with E-state index in [1.54, 1.807) is 0 Å². The molecule has 7 nitrogen and oxygen atoms in total. The summed E-state index contributed by atoms with van der Waals surface area (Å²) in [7, 11) is 0. The lowest BCUT2D eigenvalue weighted by molar-refractivity contribution is -0.474. The monoisotopic (exact) mass is 260 g/mol. The zero-order chi connectivity index (χ0) is 12.6. The van der Waals surface area contributed by atoms with Crippen molar-refractivity contribution < 1.29 is 19.6 Å². The summed E-state index contributed by atoms with van der Waals surface area (Å²) >= 11 is 1.28. The van der Waals surface area contributed by atoms with Gasteiger partial charge in [-0.05, 0) is 6.42 Å². The number of nitro groups is 1. The summed E-state index contributed by atoms with van der Waals surface area (Å²) in [6, 6.07) is -0.783. The van der Waals surface area contributed by atoms with Gasteiger partial charge in [-0.2, -0.15) is 0 Å². The number of fused-ring (bicyclic) bond motifs is 1. The van der Waals surface area contributed by atoms with E-state index in [0.29, 0.717) is 12.8 Å². The summed E-state index contributed by atoms with van der Waals surface area (Å²) in [5.41, 5.74) is 0. The fraction of sp³-hybridized carbons (Fsp3) is 0.778. The smallest absolute Gasteiger partial charge is 0.327 e. The lowest BCUT2D eigenvalue weighted by Gasteiger charge is -2.37. The highest BCUT2D eigenvalue weighted by molar-refractivity contribution is 8.00. The van der Waals surface area contributed by atoms with Gasteiger partial charge in [0, 0.05) is 22.6 Å². The van der Waals surface area contributed by atoms with Crippen LogP contribution in [0.2, 0.25) is 0 Å². The molecule has 3 atom stereocenters. The summed E-state index contributed by atoms with van der Waals surface area (Å²) < 4.78 is 0. The van der Waals surface area contributed by atoms with Crippen LogP contribution in [-0.4, -0.2) is 56.4 Å². The Hall–Kier alpha value is -1.31. The van der Waals surface area contributed by atoms with Crippen molar-refractivity contribution >= 4 is 23.6 Å². The van der Waals surface area contributed by atoms with E-state index in [-0.39, 0.29) is 29.5 Å². The van der Waals surface area contributed by atoms with E-state index >= 15 is 0 Å². The first-order chi connectivity index (χ1) is 8.00. The number of hydrogen-bond acceptors (Lipinski definition) is 5. The van der Waals surface area contributed by atoms with Crippen molar-refractivity contribution in [1.82, 2.24) is 4.90 Å². The van der Waals surface area contributed by atoms with Crippen LogP contribution in [0.25, 0.3) is 0 Å². The summed E-state index contributed by atoms with van der Waals surface area (Å²) in [6.45, 7) is -0.174. The Morgan fingerprint density at radius 2 is 2.35 bits per heavy atom. The number of carboxylic acid groups (broad SMARTS) is 1. The second kappa shape index (κ2) is 4.52. The molecule has 8 heteroatoms. The summed E-state index contributed by atoms with van der Waals surface area (Å²) in [5.74, 6) is -0.852. The maximum absolute atomic E-state index is 11.3. The van der Waals surface area contributed by atoms with Crippen LogP contribution in [0, 0.1) is 10.1 Å². The molecular weight excluding hydrogens is 248 g/mol. The van der Waals surface area contributed by atoms with Gasteiger partial charge in [0.2, 0.25) is 12.5 Å². The molecule has 2 heterocycles. The number of β-lactam (4-membered cyclic amide) rings is 1. The predicted octanol–water partition coefficient (Wildman–Crippen LogP) is -0.177. The van der Waals surface area contributed by atoms with Crippen molar-refractivity contribution in [1.29, 1.82) is 0 Å². The van der Waals surface area contributed by atoms with Crippen molar-refractivity contribution in [2.45, 2.75) is 30.2 Å². The number of aliphatic carboxylic acids is 1. The topological polar surface area (TPSA) is 101 Å². The highest BCUT2D eigenvalue weighted by Gasteiger charge is 2.54. The van der Waals surface area contributed by atoms with Gasteiger partial charge in [-0.1, -0.05) is 0 Å². The molecule has 1 amide bonds. The minimum atomic E-state index is -1.01. The number of thioether (sulfide) groups is 1. The molecule has 0 aromatic heterocycles. The van der Waals surface area contributed by atoms with Gasteiger partial charge in [0.05, 0.1) is 5.75 Å². The van der Waals surface area contributed by atoms with Crippen LogP contribution in [0.1, 0.15) is 12.8 Å². The molecule has 0 spiro atoms. The van der Waals surface area contributed by atoms with Gasteiger partial charge >= 0.3 is 5.97 Å². The summed E-state index contributed by atoms with van der Waals surface area (Å²) in [6.07, 6.45) is 1.04. The third-order valence-corrected chi connectivity index (χ3v) is 4.40. The number of hydrogen-bond donors (Lipinski definition) is 1. The molecule has 2 aliphatic heterocycles. The maximum Gasteiger partial charge on any atom is 0.327 e. The average molecular weight is 260 g/mol. The van der Waals surface area contributed by atoms with E-state index in [0.717, 1.165) is 0 Å². The zero-order valence-corrected chi connectivity index (χ0v) is 9.76. The number of carbonyl (C=O) groups is 2. The van der Waals surface area contributed by atoms with Crippen LogP contribution < -0.4 is 0 Å². The number of carbonyl (C=O) groups excluding carboxylic acids is 1. The van der Waals surface area contributed by atoms with Crippen LogP contribution in [0.4, 0.5) is 0 Å². The highest BCUT2D eigenvalue weighted by Crippen LogP contribution is 2.40. The fourth-order valence-electron chi connectivity index (χ4n) is 2.37. The van der Waals surface area contributed by atoms with E-state index in [1.165, 1.54) is 16.7 Å². The van der Waals surface area contributed by atoms with E-state index in [4.69, 9.17) is 5.11 Å². The summed E-state index contributed by atoms with van der Waals surface area (Å²) in [4.78, 5) is 33.6. The van der Waals surface area contributed by atoms with Crippen LogP contribution >= 0.6 is 11.8 Å². The second-order valence-corrected chi connectivity index (χ2v) is 5.49. The van der Waals surface area contributed by atoms with Crippen molar-refractivity contribution in [3.63, 3.8) is 0 Å². The number of nitrogens with zero attached hydrogens (tertiary/aromatic N) is 2. The largest absolute Gasteiger partial charge is 0.480 e. The first-order valence-corrected chi connectivity index (χ1v) is 6.33. The minimum absolute atomic E-state index is 0.0247. The Balaban J connectivity index is 1.95. The van der Waals surface area contributed by atoms with Gasteiger partial charge in [-0.15, -0.1) is 11.8 Å². The SMILES string of the molecule is O=C(O)C1C(SCC[N+](=O)[O-])CC2CC(=O)N21. The first-order valence-electron chi connectivity index (χ1n) is 5.28. The fourth-order valence-corrected chi connectivity index (χ4v) is 3.71. The first kappa shape index (κ1) is 12.2. The Bertz CT molecular complexity index is 374. The molecule has 0 bridgehead atoms. The Morgan fingerprint density at radius 1 is 1.65 bits per heavy atom. The molecule has 2 rings (SSSR count). The van der Waals surface area contributed by atoms with Crippen LogP contribution in [0.15, 0.2) is 0 Å². The van der Waals surface area contributed by atoms with Crippen molar-refractivity contribution in [2.24, 2.45) is 0 Å². The molecule has 2 fully saturated rings. The molecule has 17 heavy (non-hydrogen) atoms. The lowest BCUT2D eigenvalue weighted by atomic mass is 10.0. The van der Waals surface area contributed by atoms with Gasteiger partial charge < -0.3 is 10.0 Å². The quantitative estimate of drug-likeness (QED) is 0.418. The molecule has 0 aromatic rings. The van der Waals surface area contributed by atoms with Gasteiger partial charge in [0.25, 0.3) is 0 Å². The minimum Gasteiger partial charge on any atom is -0.480 e. The molecule has 0 aromatic carbocycles. The number of amides is 1. The maximum atomic E-state index is 11.3. The molecule has 2 aliphatic rings. The Kier molecular flexibility index (Phi) is 3.23. The molecule has 0 radical (unpaired) electrons. The van der Waals surface area contributed by atoms with Crippen LogP contribution in [-0.2, 0) is 9.59 Å². The molecular formula is C9H12N2O5S. The third kappa shape index (κ3) is 2.21. The summed E-state index contributed by atoms with van der Waals surface area (Å²) in [5, 5.41) is 19.1. The lowest BCUT2D eigenvalue weighted by Crippen LogP contribution is -2.55. The third-order valence-electron chi connectivity index (χ3n) is 3.11. The molecule has 0 saturated carbocycles. The molecule has 3 unspecified atom stereocenters. The number of rotatable bonds is 5. The Labute approximate surface area is 101 Å².